The van der Waals surface area contributed by atoms with E-state index in [0.717, 1.165) is 12.0 Å². The molecule has 1 saturated carbocycles. The van der Waals surface area contributed by atoms with Crippen LogP contribution in [0.3, 0.4) is 0 Å². The van der Waals surface area contributed by atoms with E-state index < -0.39 is 5.97 Å². The first kappa shape index (κ1) is 22.7. The van der Waals surface area contributed by atoms with Crippen LogP contribution in [0.15, 0.2) is 34.8 Å². The van der Waals surface area contributed by atoms with Crippen LogP contribution < -0.4 is 11.1 Å². The molecule has 30 heavy (non-hydrogen) atoms. The van der Waals surface area contributed by atoms with E-state index in [0.29, 0.717) is 33.7 Å². The van der Waals surface area contributed by atoms with Crippen molar-refractivity contribution in [3.63, 3.8) is 0 Å². The zero-order chi connectivity index (χ0) is 21.6. The normalized spacial score (nSPS) is 15.7. The second kappa shape index (κ2) is 10.4. The van der Waals surface area contributed by atoms with Crippen LogP contribution in [0.2, 0.25) is 0 Å². The molecule has 0 radical (unpaired) electrons. The molecule has 3 rings (SSSR count). The molecule has 1 aliphatic carbocycles. The quantitative estimate of drug-likeness (QED) is 0.384. The van der Waals surface area contributed by atoms with E-state index in [1.807, 2.05) is 0 Å². The van der Waals surface area contributed by atoms with Crippen molar-refractivity contribution >= 4 is 27.6 Å². The highest BCUT2D eigenvalue weighted by Crippen LogP contribution is 2.32. The number of ether oxygens (including phenoxy) is 1. The summed E-state index contributed by atoms with van der Waals surface area (Å²) in [5.74, 6) is -0.434. The van der Waals surface area contributed by atoms with Gasteiger partial charge in [-0.05, 0) is 65.0 Å². The summed E-state index contributed by atoms with van der Waals surface area (Å²) >= 11 is 3.48. The van der Waals surface area contributed by atoms with Crippen molar-refractivity contribution in [3.8, 4) is 0 Å². The highest BCUT2D eigenvalue weighted by atomic mass is 79.9. The number of benzene rings is 1. The fraction of sp³-hybridized carbons (Fsp3) is 0.478. The molecule has 0 atom stereocenters. The van der Waals surface area contributed by atoms with Crippen LogP contribution in [0.5, 0.6) is 0 Å². The van der Waals surface area contributed by atoms with Gasteiger partial charge in [0.2, 0.25) is 0 Å². The van der Waals surface area contributed by atoms with Gasteiger partial charge >= 0.3 is 5.97 Å². The lowest BCUT2D eigenvalue weighted by atomic mass is 9.79. The molecule has 1 aromatic carbocycles. The van der Waals surface area contributed by atoms with Gasteiger partial charge in [-0.15, -0.1) is 0 Å². The minimum absolute atomic E-state index is 0.0429. The number of nitrogens with one attached hydrogen (secondary N) is 1. The van der Waals surface area contributed by atoms with Crippen molar-refractivity contribution in [1.82, 2.24) is 10.3 Å². The van der Waals surface area contributed by atoms with Gasteiger partial charge in [-0.2, -0.15) is 0 Å². The fourth-order valence-electron chi connectivity index (χ4n) is 4.03. The number of nitrogens with zero attached hydrogens (tertiary/aromatic N) is 1. The average molecular weight is 476 g/mol. The molecular weight excluding hydrogens is 446 g/mol. The zero-order valence-corrected chi connectivity index (χ0v) is 19.0. The first-order valence-corrected chi connectivity index (χ1v) is 11.3. The number of aromatic nitrogens is 1. The summed E-state index contributed by atoms with van der Waals surface area (Å²) < 4.78 is 6.12. The molecule has 1 aliphatic rings. The van der Waals surface area contributed by atoms with Crippen molar-refractivity contribution in [2.75, 3.05) is 5.73 Å². The number of nitrogen functional groups attached to an aromatic ring is 1. The molecule has 2 aromatic rings. The second-order valence-corrected chi connectivity index (χ2v) is 8.79. The average Bonchev–Trinajstić information content (AvgIpc) is 2.79. The molecular formula is C23H30BrN3O3. The minimum atomic E-state index is -0.434. The van der Waals surface area contributed by atoms with E-state index in [-0.39, 0.29) is 18.8 Å². The Morgan fingerprint density at radius 3 is 2.70 bits per heavy atom. The molecule has 1 aromatic heterocycles. The van der Waals surface area contributed by atoms with E-state index >= 15 is 0 Å². The summed E-state index contributed by atoms with van der Waals surface area (Å²) in [5, 5.41) is 12.9. The Morgan fingerprint density at radius 2 is 2.00 bits per heavy atom. The Bertz CT molecular complexity index is 882. The molecule has 0 bridgehead atoms. The first-order valence-electron chi connectivity index (χ1n) is 10.5. The molecule has 7 heteroatoms. The van der Waals surface area contributed by atoms with Crippen molar-refractivity contribution in [1.29, 1.82) is 0 Å². The largest absolute Gasteiger partial charge is 0.456 e. The summed E-state index contributed by atoms with van der Waals surface area (Å²) in [5.41, 5.74) is 9.53. The standard InChI is InChI=1S/C23H30BrN3O3/c1-2-23(9-4-3-5-10-23)26-13-17-11-16(12-20(24)21(17)25)22(29)30-15-19-8-6-7-18(14-28)27-19/h6-8,11-12,26,28H,2-5,9-10,13-15,25H2,1H3. The van der Waals surface area contributed by atoms with Crippen LogP contribution in [0.1, 0.15) is 72.8 Å². The van der Waals surface area contributed by atoms with Crippen LogP contribution in [0.25, 0.3) is 0 Å². The maximum atomic E-state index is 12.6. The highest BCUT2D eigenvalue weighted by Gasteiger charge is 2.29. The van der Waals surface area contributed by atoms with E-state index in [2.05, 4.69) is 33.2 Å². The number of nitrogens with two attached hydrogens (primary N) is 1. The molecule has 6 nitrogen and oxygen atoms in total. The third-order valence-corrected chi connectivity index (χ3v) is 6.63. The number of anilines is 1. The molecule has 162 valence electrons. The van der Waals surface area contributed by atoms with Gasteiger partial charge < -0.3 is 20.9 Å². The van der Waals surface area contributed by atoms with Crippen LogP contribution in [-0.4, -0.2) is 21.6 Å². The highest BCUT2D eigenvalue weighted by molar-refractivity contribution is 9.10. The number of aliphatic hydroxyl groups excluding tert-OH is 1. The maximum Gasteiger partial charge on any atom is 0.338 e. The fourth-order valence-corrected chi connectivity index (χ4v) is 4.53. The van der Waals surface area contributed by atoms with Crippen LogP contribution >= 0.6 is 15.9 Å². The van der Waals surface area contributed by atoms with Crippen LogP contribution in [0.4, 0.5) is 5.69 Å². The van der Waals surface area contributed by atoms with Crippen LogP contribution in [0, 0.1) is 0 Å². The minimum Gasteiger partial charge on any atom is -0.456 e. The van der Waals surface area contributed by atoms with Gasteiger partial charge in [0, 0.05) is 16.6 Å². The Labute approximate surface area is 186 Å². The van der Waals surface area contributed by atoms with Crippen molar-refractivity contribution in [2.45, 2.75) is 70.7 Å². The number of carbonyl (C=O) groups is 1. The van der Waals surface area contributed by atoms with Gasteiger partial charge in [0.05, 0.1) is 29.2 Å². The summed E-state index contributed by atoms with van der Waals surface area (Å²) in [7, 11) is 0. The first-order chi connectivity index (χ1) is 14.5. The predicted octanol–water partition coefficient (Wildman–Crippen LogP) is 4.48. The number of halogens is 1. The summed E-state index contributed by atoms with van der Waals surface area (Å²) in [6.45, 7) is 2.73. The Balaban J connectivity index is 1.69. The van der Waals surface area contributed by atoms with Gasteiger partial charge in [0.15, 0.2) is 0 Å². The molecule has 4 N–H and O–H groups in total. The Kier molecular flexibility index (Phi) is 7.86. The molecule has 0 unspecified atom stereocenters. The topological polar surface area (TPSA) is 97.5 Å². The van der Waals surface area contributed by atoms with E-state index in [1.165, 1.54) is 32.1 Å². The van der Waals surface area contributed by atoms with Gasteiger partial charge in [0.1, 0.15) is 6.61 Å². The third-order valence-electron chi connectivity index (χ3n) is 5.97. The number of esters is 1. The van der Waals surface area contributed by atoms with E-state index in [9.17, 15) is 9.90 Å². The lowest BCUT2D eigenvalue weighted by Crippen LogP contribution is -2.45. The molecule has 1 fully saturated rings. The lowest BCUT2D eigenvalue weighted by molar-refractivity contribution is 0.0467. The maximum absolute atomic E-state index is 12.6. The molecule has 0 aliphatic heterocycles. The van der Waals surface area contributed by atoms with Crippen LogP contribution in [-0.2, 0) is 24.5 Å². The Hall–Kier alpha value is -1.96. The van der Waals surface area contributed by atoms with E-state index in [1.54, 1.807) is 30.3 Å². The van der Waals surface area contributed by atoms with Gasteiger partial charge in [-0.1, -0.05) is 32.3 Å². The zero-order valence-electron chi connectivity index (χ0n) is 17.4. The van der Waals surface area contributed by atoms with Gasteiger partial charge in [-0.3, -0.25) is 4.98 Å². The number of carbonyl (C=O) groups excluding carboxylic acids is 1. The monoisotopic (exact) mass is 475 g/mol. The number of hydrogen-bond acceptors (Lipinski definition) is 6. The second-order valence-electron chi connectivity index (χ2n) is 7.93. The summed E-state index contributed by atoms with van der Waals surface area (Å²) in [6.07, 6.45) is 7.22. The Morgan fingerprint density at radius 1 is 1.27 bits per heavy atom. The number of aliphatic hydroxyl groups is 1. The van der Waals surface area contributed by atoms with Gasteiger partial charge in [0.25, 0.3) is 0 Å². The van der Waals surface area contributed by atoms with Crippen molar-refractivity contribution in [2.24, 2.45) is 0 Å². The number of rotatable bonds is 8. The van der Waals surface area contributed by atoms with E-state index in [4.69, 9.17) is 10.5 Å². The molecule has 0 saturated heterocycles. The smallest absolute Gasteiger partial charge is 0.338 e. The molecule has 0 spiro atoms. The summed E-state index contributed by atoms with van der Waals surface area (Å²) in [4.78, 5) is 16.9. The lowest BCUT2D eigenvalue weighted by Gasteiger charge is -2.38. The third kappa shape index (κ3) is 5.59. The number of hydrogen-bond donors (Lipinski definition) is 3. The number of pyridine rings is 1. The summed E-state index contributed by atoms with van der Waals surface area (Å²) in [6, 6.07) is 8.75. The molecule has 1 heterocycles. The SMILES string of the molecule is CCC1(NCc2cc(C(=O)OCc3cccc(CO)n3)cc(Br)c2N)CCCCC1. The molecule has 0 amide bonds. The van der Waals surface area contributed by atoms with Crippen molar-refractivity contribution in [3.05, 3.63) is 57.3 Å². The van der Waals surface area contributed by atoms with Crippen molar-refractivity contribution < 1.29 is 14.6 Å². The van der Waals surface area contributed by atoms with Gasteiger partial charge in [-0.25, -0.2) is 4.79 Å². The predicted molar refractivity (Wildman–Crippen MR) is 121 cm³/mol.